The van der Waals surface area contributed by atoms with Gasteiger partial charge in [0.2, 0.25) is 0 Å². The van der Waals surface area contributed by atoms with Gasteiger partial charge in [0.05, 0.1) is 11.2 Å². The number of fused-ring (bicyclic) bond motifs is 2. The zero-order valence-electron chi connectivity index (χ0n) is 22.1. The van der Waals surface area contributed by atoms with E-state index in [0.717, 1.165) is 70.8 Å². The molecule has 10 nitrogen and oxygen atoms in total. The van der Waals surface area contributed by atoms with Crippen LogP contribution in [0.2, 0.25) is 0 Å². The van der Waals surface area contributed by atoms with Crippen LogP contribution >= 0.6 is 31.9 Å². The maximum atomic E-state index is 5.93. The standard InChI is InChI=1S/2C13H17BrN4O/c2*1-13(2)7-8(3-6-19-13)12-17-10(14)9-11(15)16-4-5-18(9)12/h2*4-5,8H,3,6-7H2,1-2H3,(H2,15,16). The summed E-state index contributed by atoms with van der Waals surface area (Å²) < 4.78 is 17.2. The fourth-order valence-corrected chi connectivity index (χ4v) is 6.72. The van der Waals surface area contributed by atoms with Gasteiger partial charge in [-0.25, -0.2) is 19.9 Å². The van der Waals surface area contributed by atoms with Crippen LogP contribution in [0.1, 0.15) is 76.9 Å². The minimum atomic E-state index is -0.0974. The van der Waals surface area contributed by atoms with Crippen molar-refractivity contribution in [3.63, 3.8) is 0 Å². The third-order valence-electron chi connectivity index (χ3n) is 7.26. The van der Waals surface area contributed by atoms with Crippen LogP contribution in [0.25, 0.3) is 11.0 Å². The van der Waals surface area contributed by atoms with E-state index in [1.165, 1.54) is 0 Å². The molecule has 204 valence electrons. The summed E-state index contributed by atoms with van der Waals surface area (Å²) in [6.45, 7) is 10.0. The summed E-state index contributed by atoms with van der Waals surface area (Å²) in [5, 5.41) is 0. The minimum Gasteiger partial charge on any atom is -0.382 e. The van der Waals surface area contributed by atoms with Gasteiger partial charge in [-0.1, -0.05) is 0 Å². The van der Waals surface area contributed by atoms with Crippen molar-refractivity contribution in [2.45, 2.75) is 76.4 Å². The lowest BCUT2D eigenvalue weighted by atomic mass is 9.88. The maximum absolute atomic E-state index is 5.93. The van der Waals surface area contributed by atoms with Gasteiger partial charge in [-0.3, -0.25) is 8.80 Å². The Morgan fingerprint density at radius 3 is 1.53 bits per heavy atom. The monoisotopic (exact) mass is 648 g/mol. The van der Waals surface area contributed by atoms with Crippen molar-refractivity contribution >= 4 is 54.5 Å². The molecule has 6 rings (SSSR count). The highest BCUT2D eigenvalue weighted by atomic mass is 79.9. The number of nitrogens with zero attached hydrogens (tertiary/aromatic N) is 6. The zero-order chi connectivity index (χ0) is 27.2. The Morgan fingerprint density at radius 2 is 1.16 bits per heavy atom. The zero-order valence-corrected chi connectivity index (χ0v) is 25.3. The highest BCUT2D eigenvalue weighted by Gasteiger charge is 2.33. The maximum Gasteiger partial charge on any atom is 0.150 e. The lowest BCUT2D eigenvalue weighted by Gasteiger charge is -2.34. The quantitative estimate of drug-likeness (QED) is 0.291. The number of aromatic nitrogens is 6. The first-order valence-electron chi connectivity index (χ1n) is 12.8. The molecule has 2 unspecified atom stereocenters. The van der Waals surface area contributed by atoms with E-state index in [9.17, 15) is 0 Å². The number of nitrogen functional groups attached to an aromatic ring is 2. The first-order valence-corrected chi connectivity index (χ1v) is 14.4. The molecule has 38 heavy (non-hydrogen) atoms. The molecule has 0 spiro atoms. The smallest absolute Gasteiger partial charge is 0.150 e. The molecular weight excluding hydrogens is 616 g/mol. The number of anilines is 2. The Balaban J connectivity index is 0.000000155. The molecule has 0 aliphatic carbocycles. The van der Waals surface area contributed by atoms with Crippen LogP contribution in [-0.4, -0.2) is 53.2 Å². The Labute approximate surface area is 238 Å². The fraction of sp³-hybridized carbons (Fsp3) is 0.538. The second-order valence-electron chi connectivity index (χ2n) is 11.2. The first-order chi connectivity index (χ1) is 18.0. The molecule has 4 aromatic heterocycles. The molecule has 6 heterocycles. The summed E-state index contributed by atoms with van der Waals surface area (Å²) in [5.41, 5.74) is 13.4. The van der Waals surface area contributed by atoms with Gasteiger partial charge >= 0.3 is 0 Å². The average Bonchev–Trinajstić information content (AvgIpc) is 3.37. The van der Waals surface area contributed by atoms with Gasteiger partial charge in [0.1, 0.15) is 31.9 Å². The normalized spacial score (nSPS) is 22.8. The summed E-state index contributed by atoms with van der Waals surface area (Å²) in [7, 11) is 0. The van der Waals surface area contributed by atoms with E-state index in [4.69, 9.17) is 20.9 Å². The average molecular weight is 650 g/mol. The fourth-order valence-electron chi connectivity index (χ4n) is 5.57. The van der Waals surface area contributed by atoms with E-state index in [-0.39, 0.29) is 11.2 Å². The third-order valence-corrected chi connectivity index (χ3v) is 8.37. The first kappa shape index (κ1) is 27.3. The number of rotatable bonds is 2. The van der Waals surface area contributed by atoms with E-state index in [2.05, 4.69) is 79.5 Å². The van der Waals surface area contributed by atoms with Gasteiger partial charge in [-0.15, -0.1) is 0 Å². The number of imidazole rings is 2. The van der Waals surface area contributed by atoms with Crippen molar-refractivity contribution < 1.29 is 9.47 Å². The molecule has 0 bridgehead atoms. The summed E-state index contributed by atoms with van der Waals surface area (Å²) in [6.07, 6.45) is 11.1. The van der Waals surface area contributed by atoms with Crippen LogP contribution < -0.4 is 11.5 Å². The minimum absolute atomic E-state index is 0.0974. The molecule has 2 atom stereocenters. The summed E-state index contributed by atoms with van der Waals surface area (Å²) >= 11 is 6.96. The lowest BCUT2D eigenvalue weighted by Crippen LogP contribution is -2.33. The third kappa shape index (κ3) is 5.41. The van der Waals surface area contributed by atoms with Crippen molar-refractivity contribution in [2.75, 3.05) is 24.7 Å². The molecule has 4 N–H and O–H groups in total. The Bertz CT molecular complexity index is 1350. The highest BCUT2D eigenvalue weighted by Crippen LogP contribution is 2.38. The molecule has 2 fully saturated rings. The van der Waals surface area contributed by atoms with Gasteiger partial charge in [-0.2, -0.15) is 0 Å². The largest absolute Gasteiger partial charge is 0.382 e. The van der Waals surface area contributed by atoms with Crippen molar-refractivity contribution in [1.82, 2.24) is 28.7 Å². The van der Waals surface area contributed by atoms with E-state index < -0.39 is 0 Å². The molecule has 0 aromatic carbocycles. The Hall–Kier alpha value is -2.28. The molecular formula is C26H34Br2N8O2. The molecule has 0 radical (unpaired) electrons. The molecule has 4 aromatic rings. The second-order valence-corrected chi connectivity index (χ2v) is 12.7. The molecule has 0 amide bonds. The van der Waals surface area contributed by atoms with E-state index in [1.807, 2.05) is 21.2 Å². The van der Waals surface area contributed by atoms with Crippen LogP contribution in [0, 0.1) is 0 Å². The SMILES string of the molecule is CC1(C)CC(c2nc(Br)c3c(N)nccn23)CCO1.CC1(C)CC(c2nc(Br)c3c(N)nccn23)CCO1. The predicted octanol–water partition coefficient (Wildman–Crippen LogP) is 5.49. The van der Waals surface area contributed by atoms with Crippen LogP contribution in [-0.2, 0) is 9.47 Å². The predicted molar refractivity (Wildman–Crippen MR) is 154 cm³/mol. The molecule has 0 saturated carbocycles. The van der Waals surface area contributed by atoms with Crippen molar-refractivity contribution in [3.05, 3.63) is 45.6 Å². The number of halogens is 2. The van der Waals surface area contributed by atoms with E-state index in [1.54, 1.807) is 12.4 Å². The Morgan fingerprint density at radius 1 is 0.763 bits per heavy atom. The topological polar surface area (TPSA) is 131 Å². The molecule has 2 saturated heterocycles. The summed E-state index contributed by atoms with van der Waals surface area (Å²) in [4.78, 5) is 17.5. The van der Waals surface area contributed by atoms with Gasteiger partial charge in [0.15, 0.2) is 11.6 Å². The molecule has 2 aliphatic heterocycles. The van der Waals surface area contributed by atoms with Crippen LogP contribution in [0.3, 0.4) is 0 Å². The van der Waals surface area contributed by atoms with Crippen molar-refractivity contribution in [2.24, 2.45) is 0 Å². The van der Waals surface area contributed by atoms with Gasteiger partial charge in [0.25, 0.3) is 0 Å². The van der Waals surface area contributed by atoms with Gasteiger partial charge in [-0.05, 0) is 85.2 Å². The van der Waals surface area contributed by atoms with E-state index in [0.29, 0.717) is 23.5 Å². The highest BCUT2D eigenvalue weighted by molar-refractivity contribution is 9.10. The van der Waals surface area contributed by atoms with Crippen LogP contribution in [0.5, 0.6) is 0 Å². The summed E-state index contributed by atoms with van der Waals surface area (Å²) in [6, 6.07) is 0. The van der Waals surface area contributed by atoms with Crippen molar-refractivity contribution in [1.29, 1.82) is 0 Å². The summed E-state index contributed by atoms with van der Waals surface area (Å²) in [5.74, 6) is 3.83. The lowest BCUT2D eigenvalue weighted by molar-refractivity contribution is -0.0606. The van der Waals surface area contributed by atoms with Gasteiger partial charge in [0, 0.05) is 49.8 Å². The molecule has 12 heteroatoms. The number of ether oxygens (including phenoxy) is 2. The van der Waals surface area contributed by atoms with Crippen LogP contribution in [0.15, 0.2) is 34.0 Å². The Kier molecular flexibility index (Phi) is 7.44. The van der Waals surface area contributed by atoms with Crippen LogP contribution in [0.4, 0.5) is 11.6 Å². The number of hydrogen-bond acceptors (Lipinski definition) is 8. The number of hydrogen-bond donors (Lipinski definition) is 2. The number of nitrogens with two attached hydrogens (primary N) is 2. The van der Waals surface area contributed by atoms with Gasteiger partial charge < -0.3 is 20.9 Å². The van der Waals surface area contributed by atoms with Crippen molar-refractivity contribution in [3.8, 4) is 0 Å². The molecule has 2 aliphatic rings. The second kappa shape index (κ2) is 10.4. The van der Waals surface area contributed by atoms with E-state index >= 15 is 0 Å².